The maximum absolute atomic E-state index is 11.3. The van der Waals surface area contributed by atoms with Gasteiger partial charge >= 0.3 is 11.7 Å². The molecule has 1 aromatic rings. The molecule has 0 aliphatic carbocycles. The van der Waals surface area contributed by atoms with Gasteiger partial charge in [0.1, 0.15) is 0 Å². The molecule has 1 N–H and O–H groups in total. The Morgan fingerprint density at radius 2 is 2.00 bits per heavy atom. The fraction of sp³-hybridized carbons (Fsp3) is 0.273. The topological polar surface area (TPSA) is 107 Å². The molecule has 0 saturated heterocycles. The minimum Gasteiger partial charge on any atom is -0.487 e. The number of carbonyl (C=O) groups is 2. The molecule has 7 nitrogen and oxygen atoms in total. The van der Waals surface area contributed by atoms with Gasteiger partial charge in [0.05, 0.1) is 17.1 Å². The molecule has 1 aromatic carbocycles. The largest absolute Gasteiger partial charge is 0.487 e. The lowest BCUT2D eigenvalue weighted by Gasteiger charge is -2.08. The third kappa shape index (κ3) is 2.62. The molecule has 7 heteroatoms. The average Bonchev–Trinajstić information content (AvgIpc) is 2.28. The number of rotatable bonds is 5. The molecule has 0 heterocycles. The van der Waals surface area contributed by atoms with Crippen molar-refractivity contribution in [1.82, 2.24) is 0 Å². The van der Waals surface area contributed by atoms with Crippen LogP contribution >= 0.6 is 0 Å². The first-order valence-corrected chi connectivity index (χ1v) is 5.08. The van der Waals surface area contributed by atoms with Gasteiger partial charge in [-0.2, -0.15) is 0 Å². The van der Waals surface area contributed by atoms with Gasteiger partial charge in [-0.3, -0.25) is 14.9 Å². The fourth-order valence-corrected chi connectivity index (χ4v) is 1.45. The second-order valence-electron chi connectivity index (χ2n) is 3.42. The van der Waals surface area contributed by atoms with E-state index < -0.39 is 27.9 Å². The van der Waals surface area contributed by atoms with E-state index in [-0.39, 0.29) is 17.9 Å². The molecule has 0 radical (unpaired) electrons. The molecule has 0 atom stereocenters. The molecule has 0 aromatic heterocycles. The summed E-state index contributed by atoms with van der Waals surface area (Å²) in [6.45, 7) is 2.98. The first kappa shape index (κ1) is 13.6. The van der Waals surface area contributed by atoms with Crippen molar-refractivity contribution in [3.05, 3.63) is 33.4 Å². The number of benzene rings is 1. The van der Waals surface area contributed by atoms with Gasteiger partial charge in [0, 0.05) is 11.6 Å². The highest BCUT2D eigenvalue weighted by atomic mass is 16.6. The van der Waals surface area contributed by atoms with Crippen LogP contribution in [-0.2, 0) is 0 Å². The lowest BCUT2D eigenvalue weighted by Crippen LogP contribution is -2.09. The number of nitrogens with zero attached hydrogens (tertiary/aromatic N) is 1. The number of ether oxygens (including phenoxy) is 1. The highest BCUT2D eigenvalue weighted by molar-refractivity contribution is 6.05. The SMILES string of the molecule is CCOc1cc(C(C)=O)c(C(=O)O)cc1[N+](=O)[O-]. The fourth-order valence-electron chi connectivity index (χ4n) is 1.45. The van der Waals surface area contributed by atoms with E-state index in [1.807, 2.05) is 0 Å². The number of ketones is 1. The molecule has 0 aliphatic rings. The number of carbonyl (C=O) groups excluding carboxylic acids is 1. The van der Waals surface area contributed by atoms with Gasteiger partial charge in [-0.05, 0) is 19.9 Å². The number of nitro benzene ring substituents is 1. The Bertz CT molecular complexity index is 523. The number of carboxylic acids is 1. The Morgan fingerprint density at radius 3 is 2.39 bits per heavy atom. The Hall–Kier alpha value is -2.44. The van der Waals surface area contributed by atoms with Crippen LogP contribution in [0.4, 0.5) is 5.69 Å². The van der Waals surface area contributed by atoms with Gasteiger partial charge in [-0.1, -0.05) is 0 Å². The summed E-state index contributed by atoms with van der Waals surface area (Å²) in [5.41, 5.74) is -0.992. The van der Waals surface area contributed by atoms with Crippen molar-refractivity contribution in [2.75, 3.05) is 6.61 Å². The molecule has 0 unspecified atom stereocenters. The van der Waals surface area contributed by atoms with Crippen LogP contribution in [0.2, 0.25) is 0 Å². The normalized spacial score (nSPS) is 9.89. The summed E-state index contributed by atoms with van der Waals surface area (Å²) in [4.78, 5) is 32.3. The summed E-state index contributed by atoms with van der Waals surface area (Å²) in [5.74, 6) is -2.01. The van der Waals surface area contributed by atoms with Gasteiger partial charge < -0.3 is 9.84 Å². The van der Waals surface area contributed by atoms with Crippen LogP contribution in [0.3, 0.4) is 0 Å². The maximum Gasteiger partial charge on any atom is 0.336 e. The molecule has 1 rings (SSSR count). The van der Waals surface area contributed by atoms with Crippen molar-refractivity contribution >= 4 is 17.4 Å². The van der Waals surface area contributed by atoms with Crippen molar-refractivity contribution in [3.8, 4) is 5.75 Å². The van der Waals surface area contributed by atoms with Crippen LogP contribution in [0.5, 0.6) is 5.75 Å². The molecule has 0 spiro atoms. The molecular formula is C11H11NO6. The standard InChI is InChI=1S/C11H11NO6/c1-3-18-10-5-7(6(2)13)8(11(14)15)4-9(10)12(16)17/h4-5H,3H2,1-2H3,(H,14,15). The lowest BCUT2D eigenvalue weighted by atomic mass is 10.0. The second-order valence-corrected chi connectivity index (χ2v) is 3.42. The van der Waals surface area contributed by atoms with E-state index in [9.17, 15) is 19.7 Å². The van der Waals surface area contributed by atoms with Gasteiger partial charge in [0.15, 0.2) is 11.5 Å². The predicted molar refractivity (Wildman–Crippen MR) is 61.2 cm³/mol. The number of hydrogen-bond donors (Lipinski definition) is 1. The Kier molecular flexibility index (Phi) is 3.98. The zero-order valence-electron chi connectivity index (χ0n) is 9.80. The maximum atomic E-state index is 11.3. The van der Waals surface area contributed by atoms with Gasteiger partial charge in [0.2, 0.25) is 0 Å². The van der Waals surface area contributed by atoms with Crippen LogP contribution in [0.1, 0.15) is 34.6 Å². The Balaban J connectivity index is 3.54. The summed E-state index contributed by atoms with van der Waals surface area (Å²) in [7, 11) is 0. The van der Waals surface area contributed by atoms with E-state index >= 15 is 0 Å². The second kappa shape index (κ2) is 5.26. The summed E-state index contributed by atoms with van der Waals surface area (Å²) >= 11 is 0. The quantitative estimate of drug-likeness (QED) is 0.487. The van der Waals surface area contributed by atoms with E-state index in [1.54, 1.807) is 6.92 Å². The van der Waals surface area contributed by atoms with Crippen molar-refractivity contribution in [1.29, 1.82) is 0 Å². The van der Waals surface area contributed by atoms with Gasteiger partial charge in [-0.15, -0.1) is 0 Å². The zero-order valence-corrected chi connectivity index (χ0v) is 9.80. The molecule has 18 heavy (non-hydrogen) atoms. The lowest BCUT2D eigenvalue weighted by molar-refractivity contribution is -0.385. The van der Waals surface area contributed by atoms with Crippen LogP contribution in [0.25, 0.3) is 0 Å². The monoisotopic (exact) mass is 253 g/mol. The first-order valence-electron chi connectivity index (χ1n) is 5.08. The Morgan fingerprint density at radius 1 is 1.39 bits per heavy atom. The zero-order chi connectivity index (χ0) is 13.9. The van der Waals surface area contributed by atoms with Crippen molar-refractivity contribution in [3.63, 3.8) is 0 Å². The van der Waals surface area contributed by atoms with E-state index in [4.69, 9.17) is 9.84 Å². The molecule has 0 fully saturated rings. The van der Waals surface area contributed by atoms with Crippen LogP contribution in [0.15, 0.2) is 12.1 Å². The molecule has 0 bridgehead atoms. The van der Waals surface area contributed by atoms with Crippen molar-refractivity contribution < 1.29 is 24.4 Å². The number of nitro groups is 1. The molecule has 0 saturated carbocycles. The number of carboxylic acid groups (broad SMARTS) is 1. The van der Waals surface area contributed by atoms with Crippen LogP contribution in [0, 0.1) is 10.1 Å². The number of aromatic carboxylic acids is 1. The van der Waals surface area contributed by atoms with Gasteiger partial charge in [-0.25, -0.2) is 4.79 Å². The molecule has 0 amide bonds. The number of Topliss-reactive ketones (excluding diaryl/α,β-unsaturated/α-hetero) is 1. The minimum atomic E-state index is -1.40. The van der Waals surface area contributed by atoms with E-state index in [0.29, 0.717) is 0 Å². The average molecular weight is 253 g/mol. The Labute approximate surface area is 102 Å². The summed E-state index contributed by atoms with van der Waals surface area (Å²) < 4.78 is 5.04. The van der Waals surface area contributed by atoms with E-state index in [0.717, 1.165) is 12.1 Å². The van der Waals surface area contributed by atoms with Crippen molar-refractivity contribution in [2.45, 2.75) is 13.8 Å². The summed E-state index contributed by atoms with van der Waals surface area (Å²) in [6.07, 6.45) is 0. The van der Waals surface area contributed by atoms with Crippen molar-refractivity contribution in [2.24, 2.45) is 0 Å². The molecule has 96 valence electrons. The highest BCUT2D eigenvalue weighted by Crippen LogP contribution is 2.31. The smallest absolute Gasteiger partial charge is 0.336 e. The minimum absolute atomic E-state index is 0.113. The number of hydrogen-bond acceptors (Lipinski definition) is 5. The predicted octanol–water partition coefficient (Wildman–Crippen LogP) is 1.89. The van der Waals surface area contributed by atoms with E-state index in [1.165, 1.54) is 6.92 Å². The molecule has 0 aliphatic heterocycles. The third-order valence-corrected chi connectivity index (χ3v) is 2.21. The van der Waals surface area contributed by atoms with Crippen LogP contribution in [-0.4, -0.2) is 28.4 Å². The first-order chi connectivity index (χ1) is 8.38. The van der Waals surface area contributed by atoms with Crippen LogP contribution < -0.4 is 4.74 Å². The highest BCUT2D eigenvalue weighted by Gasteiger charge is 2.24. The molecular weight excluding hydrogens is 242 g/mol. The summed E-state index contributed by atoms with van der Waals surface area (Å²) in [6, 6.07) is 1.93. The van der Waals surface area contributed by atoms with E-state index in [2.05, 4.69) is 0 Å². The third-order valence-electron chi connectivity index (χ3n) is 2.21. The van der Waals surface area contributed by atoms with Gasteiger partial charge in [0.25, 0.3) is 0 Å². The summed E-state index contributed by atoms with van der Waals surface area (Å²) in [5, 5.41) is 19.7.